The standard InChI is InChI=1S/C16H14ClN7O2/c1-8(12-6-10-5-11(17)3-4-13(10)19-15(12)25)18-16-20-14(7-26-16)24-9(2)21-22-23-24/h3-8H,1-2H3,(H,18,20)(H,19,25)/t8-/m1/s1. The smallest absolute Gasteiger partial charge is 0.297 e. The van der Waals surface area contributed by atoms with Crippen LogP contribution in [0.15, 0.2) is 39.7 Å². The number of halogens is 1. The van der Waals surface area contributed by atoms with Crippen molar-refractivity contribution in [1.82, 2.24) is 30.2 Å². The number of rotatable bonds is 4. The van der Waals surface area contributed by atoms with Crippen molar-refractivity contribution >= 4 is 28.5 Å². The van der Waals surface area contributed by atoms with Gasteiger partial charge in [-0.05, 0) is 48.5 Å². The number of benzene rings is 1. The van der Waals surface area contributed by atoms with E-state index in [1.165, 1.54) is 10.9 Å². The molecule has 3 heterocycles. The Balaban J connectivity index is 1.62. The minimum atomic E-state index is -0.344. The van der Waals surface area contributed by atoms with Gasteiger partial charge in [-0.1, -0.05) is 11.6 Å². The van der Waals surface area contributed by atoms with Crippen LogP contribution >= 0.6 is 11.6 Å². The summed E-state index contributed by atoms with van der Waals surface area (Å²) < 4.78 is 6.86. The van der Waals surface area contributed by atoms with Gasteiger partial charge in [0.15, 0.2) is 11.6 Å². The van der Waals surface area contributed by atoms with E-state index in [9.17, 15) is 4.79 Å². The minimum absolute atomic E-state index is 0.192. The van der Waals surface area contributed by atoms with Crippen LogP contribution in [0.2, 0.25) is 5.02 Å². The van der Waals surface area contributed by atoms with Gasteiger partial charge in [-0.2, -0.15) is 9.67 Å². The van der Waals surface area contributed by atoms with E-state index in [1.807, 2.05) is 6.92 Å². The molecule has 0 saturated heterocycles. The van der Waals surface area contributed by atoms with Crippen molar-refractivity contribution in [3.05, 3.63) is 57.3 Å². The van der Waals surface area contributed by atoms with E-state index in [0.717, 1.165) is 10.9 Å². The van der Waals surface area contributed by atoms with Gasteiger partial charge in [0.1, 0.15) is 6.26 Å². The van der Waals surface area contributed by atoms with Crippen LogP contribution < -0.4 is 10.9 Å². The number of H-pyrrole nitrogens is 1. The first-order valence-corrected chi connectivity index (χ1v) is 8.19. The van der Waals surface area contributed by atoms with Crippen LogP contribution in [0.5, 0.6) is 0 Å². The van der Waals surface area contributed by atoms with E-state index in [1.54, 1.807) is 31.2 Å². The van der Waals surface area contributed by atoms with Crippen molar-refractivity contribution in [3.8, 4) is 5.82 Å². The summed E-state index contributed by atoms with van der Waals surface area (Å²) in [5.74, 6) is 1.03. The second-order valence-corrected chi connectivity index (χ2v) is 6.24. The average molecular weight is 372 g/mol. The van der Waals surface area contributed by atoms with Crippen molar-refractivity contribution in [3.63, 3.8) is 0 Å². The molecular formula is C16H14ClN7O2. The third-order valence-corrected chi connectivity index (χ3v) is 4.21. The average Bonchev–Trinajstić information content (AvgIpc) is 3.23. The fraction of sp³-hybridized carbons (Fsp3) is 0.188. The van der Waals surface area contributed by atoms with E-state index in [0.29, 0.717) is 22.2 Å². The zero-order valence-electron chi connectivity index (χ0n) is 13.9. The lowest BCUT2D eigenvalue weighted by Crippen LogP contribution is -2.19. The molecule has 0 amide bonds. The molecule has 9 nitrogen and oxygen atoms in total. The topological polar surface area (TPSA) is 115 Å². The predicted octanol–water partition coefficient (Wildman–Crippen LogP) is 2.63. The molecule has 4 aromatic rings. The van der Waals surface area contributed by atoms with Crippen LogP contribution in [-0.4, -0.2) is 30.2 Å². The first-order valence-electron chi connectivity index (χ1n) is 7.81. The van der Waals surface area contributed by atoms with Crippen LogP contribution in [0.3, 0.4) is 0 Å². The summed E-state index contributed by atoms with van der Waals surface area (Å²) >= 11 is 6.03. The second-order valence-electron chi connectivity index (χ2n) is 5.80. The van der Waals surface area contributed by atoms with Gasteiger partial charge in [0.25, 0.3) is 11.6 Å². The van der Waals surface area contributed by atoms with Gasteiger partial charge in [-0.15, -0.1) is 5.10 Å². The summed E-state index contributed by atoms with van der Waals surface area (Å²) in [5.41, 5.74) is 1.07. The highest BCUT2D eigenvalue weighted by molar-refractivity contribution is 6.31. The number of anilines is 1. The molecule has 0 bridgehead atoms. The molecule has 10 heteroatoms. The second kappa shape index (κ2) is 6.26. The van der Waals surface area contributed by atoms with Gasteiger partial charge in [-0.25, -0.2) is 0 Å². The largest absolute Gasteiger partial charge is 0.430 e. The Morgan fingerprint density at radius 3 is 2.96 bits per heavy atom. The van der Waals surface area contributed by atoms with Gasteiger partial charge < -0.3 is 14.7 Å². The zero-order chi connectivity index (χ0) is 18.3. The molecule has 0 radical (unpaired) electrons. The van der Waals surface area contributed by atoms with Crippen molar-refractivity contribution in [2.75, 3.05) is 5.32 Å². The minimum Gasteiger partial charge on any atom is -0.430 e. The number of aromatic nitrogens is 6. The van der Waals surface area contributed by atoms with Gasteiger partial charge >= 0.3 is 0 Å². The Kier molecular flexibility index (Phi) is 3.92. The quantitative estimate of drug-likeness (QED) is 0.566. The molecule has 0 unspecified atom stereocenters. The number of aromatic amines is 1. The van der Waals surface area contributed by atoms with Crippen molar-refractivity contribution in [1.29, 1.82) is 0 Å². The number of fused-ring (bicyclic) bond motifs is 1. The molecule has 1 aromatic carbocycles. The Labute approximate surface area is 152 Å². The summed E-state index contributed by atoms with van der Waals surface area (Å²) in [7, 11) is 0. The molecule has 0 fully saturated rings. The molecule has 2 N–H and O–H groups in total. The number of nitrogens with zero attached hydrogens (tertiary/aromatic N) is 5. The van der Waals surface area contributed by atoms with Crippen molar-refractivity contribution in [2.24, 2.45) is 0 Å². The van der Waals surface area contributed by atoms with Gasteiger partial charge in [0.05, 0.1) is 6.04 Å². The lowest BCUT2D eigenvalue weighted by atomic mass is 10.1. The van der Waals surface area contributed by atoms with Gasteiger partial charge in [-0.3, -0.25) is 4.79 Å². The number of hydrogen-bond donors (Lipinski definition) is 2. The van der Waals surface area contributed by atoms with Crippen LogP contribution in [0, 0.1) is 6.92 Å². The van der Waals surface area contributed by atoms with Crippen LogP contribution in [0.25, 0.3) is 16.7 Å². The van der Waals surface area contributed by atoms with E-state index in [2.05, 4.69) is 30.8 Å². The lowest BCUT2D eigenvalue weighted by molar-refractivity contribution is 0.561. The molecule has 4 rings (SSSR count). The highest BCUT2D eigenvalue weighted by Crippen LogP contribution is 2.22. The SMILES string of the molecule is Cc1nnnn1-c1coc(N[C@H](C)c2cc3cc(Cl)ccc3[nH]c2=O)n1. The summed E-state index contributed by atoms with van der Waals surface area (Å²) in [5, 5.41) is 15.7. The fourth-order valence-corrected chi connectivity index (χ4v) is 2.83. The maximum Gasteiger partial charge on any atom is 0.297 e. The predicted molar refractivity (Wildman–Crippen MR) is 95.6 cm³/mol. The Bertz CT molecular complexity index is 1150. The third-order valence-electron chi connectivity index (χ3n) is 3.98. The van der Waals surface area contributed by atoms with Crippen LogP contribution in [0.4, 0.5) is 6.01 Å². The van der Waals surface area contributed by atoms with E-state index < -0.39 is 0 Å². The summed E-state index contributed by atoms with van der Waals surface area (Å²) in [4.78, 5) is 19.5. The number of oxazole rings is 1. The number of nitrogens with one attached hydrogen (secondary N) is 2. The van der Waals surface area contributed by atoms with Gasteiger partial charge in [0.2, 0.25) is 0 Å². The van der Waals surface area contributed by atoms with Crippen molar-refractivity contribution < 1.29 is 4.42 Å². The summed E-state index contributed by atoms with van der Waals surface area (Å²) in [6, 6.07) is 7.02. The zero-order valence-corrected chi connectivity index (χ0v) is 14.7. The van der Waals surface area contributed by atoms with E-state index in [-0.39, 0.29) is 17.6 Å². The Hall–Kier alpha value is -3.20. The highest BCUT2D eigenvalue weighted by Gasteiger charge is 2.15. The summed E-state index contributed by atoms with van der Waals surface area (Å²) in [6.07, 6.45) is 1.43. The highest BCUT2D eigenvalue weighted by atomic mass is 35.5. The normalized spacial score (nSPS) is 12.4. The van der Waals surface area contributed by atoms with E-state index in [4.69, 9.17) is 16.0 Å². The molecule has 0 aliphatic carbocycles. The lowest BCUT2D eigenvalue weighted by Gasteiger charge is -2.12. The molecule has 132 valence electrons. The number of tetrazole rings is 1. The molecule has 0 spiro atoms. The first kappa shape index (κ1) is 16.3. The number of hydrogen-bond acceptors (Lipinski definition) is 7. The third kappa shape index (κ3) is 2.93. The van der Waals surface area contributed by atoms with Crippen molar-refractivity contribution in [2.45, 2.75) is 19.9 Å². The van der Waals surface area contributed by atoms with Crippen LogP contribution in [-0.2, 0) is 0 Å². The number of aryl methyl sites for hydroxylation is 1. The monoisotopic (exact) mass is 371 g/mol. The van der Waals surface area contributed by atoms with Crippen LogP contribution in [0.1, 0.15) is 24.4 Å². The molecule has 3 aromatic heterocycles. The Morgan fingerprint density at radius 2 is 2.19 bits per heavy atom. The number of pyridine rings is 1. The first-order chi connectivity index (χ1) is 12.5. The maximum absolute atomic E-state index is 12.4. The maximum atomic E-state index is 12.4. The molecule has 1 atom stereocenters. The molecular weight excluding hydrogens is 358 g/mol. The molecule has 0 saturated carbocycles. The fourth-order valence-electron chi connectivity index (χ4n) is 2.65. The summed E-state index contributed by atoms with van der Waals surface area (Å²) in [6.45, 7) is 3.59. The van der Waals surface area contributed by atoms with E-state index >= 15 is 0 Å². The van der Waals surface area contributed by atoms with Gasteiger partial charge in [0, 0.05) is 21.5 Å². The molecule has 26 heavy (non-hydrogen) atoms. The molecule has 0 aliphatic heterocycles. The Morgan fingerprint density at radius 1 is 1.35 bits per heavy atom. The molecule has 0 aliphatic rings.